The number of aliphatic hydroxyl groups is 1. The van der Waals surface area contributed by atoms with Gasteiger partial charge in [-0.2, -0.15) is 0 Å². The van der Waals surface area contributed by atoms with E-state index in [2.05, 4.69) is 15.9 Å². The number of carboxylic acid groups (broad SMARTS) is 1. The van der Waals surface area contributed by atoms with E-state index in [1.807, 2.05) is 0 Å². The second-order valence-corrected chi connectivity index (χ2v) is 13.5. The monoisotopic (exact) mass is 794 g/mol. The molecule has 0 saturated carbocycles. The molecule has 14 heteroatoms. The van der Waals surface area contributed by atoms with Gasteiger partial charge < -0.3 is 39.0 Å². The third-order valence-electron chi connectivity index (χ3n) is 9.65. The fourth-order valence-corrected chi connectivity index (χ4v) is 6.81. The molecule has 1 atom stereocenters. The van der Waals surface area contributed by atoms with Gasteiger partial charge in [0.05, 0.1) is 19.8 Å². The van der Waals surface area contributed by atoms with E-state index in [-0.39, 0.29) is 66.6 Å². The summed E-state index contributed by atoms with van der Waals surface area (Å²) in [5.74, 6) is -5.41. The number of phenols is 1. The van der Waals surface area contributed by atoms with Gasteiger partial charge in [-0.25, -0.2) is 19.2 Å². The Balaban J connectivity index is 1.67. The number of methoxy groups -OCH3 is 2. The van der Waals surface area contributed by atoms with Gasteiger partial charge in [0, 0.05) is 11.6 Å². The number of halogens is 1. The van der Waals surface area contributed by atoms with Crippen LogP contribution in [0.3, 0.4) is 0 Å². The van der Waals surface area contributed by atoms with Crippen LogP contribution in [0.15, 0.2) is 34.0 Å². The number of hydrogen-bond donors (Lipinski definition) is 3. The first-order valence-corrected chi connectivity index (χ1v) is 16.9. The molecule has 0 fully saturated rings. The van der Waals surface area contributed by atoms with Gasteiger partial charge in [-0.05, 0) is 135 Å². The van der Waals surface area contributed by atoms with Crippen LogP contribution >= 0.6 is 15.9 Å². The predicted octanol–water partition coefficient (Wildman–Crippen LogP) is 6.46. The minimum absolute atomic E-state index is 0.0295. The summed E-state index contributed by atoms with van der Waals surface area (Å²) in [6.07, 6.45) is 2.02. The van der Waals surface area contributed by atoms with Crippen LogP contribution in [0.2, 0.25) is 0 Å². The lowest BCUT2D eigenvalue weighted by Crippen LogP contribution is -2.47. The maximum absolute atomic E-state index is 13.7. The maximum atomic E-state index is 13.7. The quantitative estimate of drug-likeness (QED) is 0.158. The molecular weight excluding hydrogens is 756 g/mol. The van der Waals surface area contributed by atoms with Gasteiger partial charge in [0.15, 0.2) is 11.5 Å². The molecule has 4 rings (SSSR count). The Hall–Kier alpha value is -5.47. The number of aromatic carboxylic acids is 1. The molecule has 0 aromatic heterocycles. The molecule has 13 nitrogen and oxygen atoms in total. The molecule has 53 heavy (non-hydrogen) atoms. The van der Waals surface area contributed by atoms with Gasteiger partial charge in [-0.15, -0.1) is 0 Å². The second kappa shape index (κ2) is 14.9. The van der Waals surface area contributed by atoms with E-state index in [1.54, 1.807) is 41.5 Å². The zero-order chi connectivity index (χ0) is 40.0. The number of aryl methyl sites for hydroxylation is 1. The highest BCUT2D eigenvalue weighted by Gasteiger charge is 2.48. The van der Waals surface area contributed by atoms with E-state index in [0.29, 0.717) is 33.4 Å². The van der Waals surface area contributed by atoms with Gasteiger partial charge in [0.2, 0.25) is 5.60 Å². The van der Waals surface area contributed by atoms with Crippen molar-refractivity contribution in [3.63, 3.8) is 0 Å². The largest absolute Gasteiger partial charge is 0.506 e. The van der Waals surface area contributed by atoms with E-state index >= 15 is 0 Å². The van der Waals surface area contributed by atoms with Crippen molar-refractivity contribution in [2.45, 2.75) is 67.9 Å². The van der Waals surface area contributed by atoms with Crippen molar-refractivity contribution in [1.29, 1.82) is 0 Å². The molecule has 3 aromatic carbocycles. The highest BCUT2D eigenvalue weighted by atomic mass is 79.9. The average molecular weight is 796 g/mol. The molecule has 0 aliphatic heterocycles. The van der Waals surface area contributed by atoms with Gasteiger partial charge in [0.1, 0.15) is 44.4 Å². The Morgan fingerprint density at radius 3 is 1.77 bits per heavy atom. The summed E-state index contributed by atoms with van der Waals surface area (Å²) in [6, 6.07) is 1.48. The normalized spacial score (nSPS) is 15.3. The molecule has 3 N–H and O–H groups in total. The Labute approximate surface area is 313 Å². The van der Waals surface area contributed by atoms with Crippen LogP contribution < -0.4 is 18.9 Å². The van der Waals surface area contributed by atoms with Crippen LogP contribution in [0.5, 0.6) is 28.7 Å². The van der Waals surface area contributed by atoms with Crippen molar-refractivity contribution in [3.05, 3.63) is 95.2 Å². The summed E-state index contributed by atoms with van der Waals surface area (Å²) in [7, 11) is 2.52. The SMILES string of the molecule is COC1=CC(=O)C=C(C)[C@]1(O)C(=O)Oc1c(C)c(C)c(C(=O)Oc2cc(C)c(C(=O)Oc3c(C)c(C)c(C(=O)O)c(OC)c3C)c(C)c2C)c(O)c1Br. The molecular formula is C39H39BrO13. The molecule has 0 spiro atoms. The molecule has 0 amide bonds. The zero-order valence-corrected chi connectivity index (χ0v) is 32.6. The van der Waals surface area contributed by atoms with Crippen LogP contribution in [0.4, 0.5) is 0 Å². The van der Waals surface area contributed by atoms with Gasteiger partial charge >= 0.3 is 23.9 Å². The second-order valence-electron chi connectivity index (χ2n) is 12.7. The number of aromatic hydroxyl groups is 1. The Morgan fingerprint density at radius 1 is 0.660 bits per heavy atom. The minimum atomic E-state index is -2.43. The average Bonchev–Trinajstić information content (AvgIpc) is 3.09. The van der Waals surface area contributed by atoms with Crippen LogP contribution in [-0.4, -0.2) is 64.8 Å². The lowest BCUT2D eigenvalue weighted by Gasteiger charge is -2.30. The molecule has 0 radical (unpaired) electrons. The van der Waals surface area contributed by atoms with E-state index in [4.69, 9.17) is 23.7 Å². The lowest BCUT2D eigenvalue weighted by molar-refractivity contribution is -0.151. The van der Waals surface area contributed by atoms with Crippen LogP contribution in [0.1, 0.15) is 82.5 Å². The first-order chi connectivity index (χ1) is 24.6. The van der Waals surface area contributed by atoms with Crippen LogP contribution in [-0.2, 0) is 14.3 Å². The molecule has 0 heterocycles. The number of rotatable bonds is 9. The fraction of sp³-hybridized carbons (Fsp3) is 0.308. The van der Waals surface area contributed by atoms with Gasteiger partial charge in [0.25, 0.3) is 0 Å². The number of carboxylic acids is 1. The van der Waals surface area contributed by atoms with Gasteiger partial charge in [-0.3, -0.25) is 4.79 Å². The zero-order valence-electron chi connectivity index (χ0n) is 31.0. The van der Waals surface area contributed by atoms with Crippen molar-refractivity contribution in [2.75, 3.05) is 14.2 Å². The van der Waals surface area contributed by atoms with E-state index < -0.39 is 41.0 Å². The number of ketones is 1. The fourth-order valence-electron chi connectivity index (χ4n) is 6.24. The lowest BCUT2D eigenvalue weighted by atomic mass is 9.87. The number of hydrogen-bond acceptors (Lipinski definition) is 12. The van der Waals surface area contributed by atoms with Crippen LogP contribution in [0.25, 0.3) is 0 Å². The summed E-state index contributed by atoms with van der Waals surface area (Å²) in [5, 5.41) is 32.2. The molecule has 280 valence electrons. The van der Waals surface area contributed by atoms with E-state index in [1.165, 1.54) is 41.1 Å². The minimum Gasteiger partial charge on any atom is -0.506 e. The Kier molecular flexibility index (Phi) is 11.3. The number of esters is 3. The topological polar surface area (TPSA) is 192 Å². The van der Waals surface area contributed by atoms with Crippen molar-refractivity contribution < 1.29 is 63.0 Å². The first-order valence-electron chi connectivity index (χ1n) is 16.1. The van der Waals surface area contributed by atoms with Gasteiger partial charge in [-0.1, -0.05) is 0 Å². The van der Waals surface area contributed by atoms with Crippen molar-refractivity contribution >= 4 is 45.6 Å². The number of allylic oxidation sites excluding steroid dienone is 2. The number of benzene rings is 3. The van der Waals surface area contributed by atoms with Crippen molar-refractivity contribution in [3.8, 4) is 28.7 Å². The summed E-state index contributed by atoms with van der Waals surface area (Å²) >= 11 is 3.20. The molecule has 0 bridgehead atoms. The predicted molar refractivity (Wildman–Crippen MR) is 194 cm³/mol. The molecule has 1 aliphatic carbocycles. The smallest absolute Gasteiger partial charge is 0.356 e. The third-order valence-corrected chi connectivity index (χ3v) is 10.4. The Morgan fingerprint density at radius 2 is 1.21 bits per heavy atom. The van der Waals surface area contributed by atoms with Crippen molar-refractivity contribution in [1.82, 2.24) is 0 Å². The number of carbonyl (C=O) groups is 5. The maximum Gasteiger partial charge on any atom is 0.356 e. The highest BCUT2D eigenvalue weighted by molar-refractivity contribution is 9.10. The number of carbonyl (C=O) groups excluding carboxylic acids is 4. The van der Waals surface area contributed by atoms with Crippen LogP contribution in [0, 0.1) is 55.4 Å². The standard InChI is InChI=1S/C39H39BrO13/c1-15-12-25(17(3)18(4)27(15)36(45)52-32-21(7)20(6)29(35(43)44)33(50-11)23(32)9)51-37(46)28-19(5)22(8)34(30(40)31(28)42)53-38(47)39(48)16(2)13-24(41)14-26(39)49-10/h12-14,42,48H,1-11H3,(H,43,44)/t39-/m1/s1. The highest BCUT2D eigenvalue weighted by Crippen LogP contribution is 2.44. The number of ether oxygens (including phenoxy) is 5. The van der Waals surface area contributed by atoms with E-state index in [9.17, 15) is 39.3 Å². The molecule has 1 aliphatic rings. The summed E-state index contributed by atoms with van der Waals surface area (Å²) in [5.41, 5.74) is 0.303. The molecule has 0 saturated heterocycles. The third kappa shape index (κ3) is 6.79. The summed E-state index contributed by atoms with van der Waals surface area (Å²) in [4.78, 5) is 64.6. The first kappa shape index (κ1) is 40.3. The summed E-state index contributed by atoms with van der Waals surface area (Å²) < 4.78 is 27.5. The van der Waals surface area contributed by atoms with Crippen molar-refractivity contribution in [2.24, 2.45) is 0 Å². The summed E-state index contributed by atoms with van der Waals surface area (Å²) in [6.45, 7) is 14.1. The van der Waals surface area contributed by atoms with E-state index in [0.717, 1.165) is 12.2 Å². The molecule has 3 aromatic rings. The molecule has 0 unspecified atom stereocenters. The number of phenolic OH excluding ortho intramolecular Hbond substituents is 1. The Bertz CT molecular complexity index is 2180.